The third-order valence-corrected chi connectivity index (χ3v) is 2.69. The van der Waals surface area contributed by atoms with Crippen LogP contribution in [0.3, 0.4) is 0 Å². The van der Waals surface area contributed by atoms with Crippen molar-refractivity contribution in [3.63, 3.8) is 0 Å². The monoisotopic (exact) mass is 202 g/mol. The maximum Gasteiger partial charge on any atom is 0.0727 e. The number of hydrogen-bond acceptors (Lipinski definition) is 2. The van der Waals surface area contributed by atoms with E-state index in [1.54, 1.807) is 0 Å². The first-order valence-corrected chi connectivity index (χ1v) is 5.55. The lowest BCUT2D eigenvalue weighted by molar-refractivity contribution is 0.213. The molecule has 0 bridgehead atoms. The molecule has 0 aliphatic heterocycles. The summed E-state index contributed by atoms with van der Waals surface area (Å²) in [6.07, 6.45) is 3.18. The summed E-state index contributed by atoms with van der Waals surface area (Å²) in [5, 5.41) is 0. The molecule has 2 N–H and O–H groups in total. The standard InChI is InChI=1S/C10H22N2S/c1-4-9(3)12(5-2)8-6-7-10(11)13/h9H,4-8H2,1-3H3,(H2,11,13). The van der Waals surface area contributed by atoms with Gasteiger partial charge in [-0.05, 0) is 39.3 Å². The maximum absolute atomic E-state index is 5.44. The third-order valence-electron chi connectivity index (χ3n) is 2.49. The van der Waals surface area contributed by atoms with Crippen LogP contribution in [0.4, 0.5) is 0 Å². The number of nitrogens with zero attached hydrogens (tertiary/aromatic N) is 1. The molecule has 0 aromatic carbocycles. The van der Waals surface area contributed by atoms with Gasteiger partial charge in [0.15, 0.2) is 0 Å². The topological polar surface area (TPSA) is 29.3 Å². The average molecular weight is 202 g/mol. The molecule has 0 radical (unpaired) electrons. The molecule has 0 fully saturated rings. The summed E-state index contributed by atoms with van der Waals surface area (Å²) in [5.41, 5.74) is 5.44. The van der Waals surface area contributed by atoms with Crippen molar-refractivity contribution < 1.29 is 0 Å². The quantitative estimate of drug-likeness (QED) is 0.642. The SMILES string of the molecule is CCC(C)N(CC)CCCC(N)=S. The predicted molar refractivity (Wildman–Crippen MR) is 63.0 cm³/mol. The van der Waals surface area contributed by atoms with Gasteiger partial charge in [0.2, 0.25) is 0 Å². The van der Waals surface area contributed by atoms with Gasteiger partial charge in [0.05, 0.1) is 4.99 Å². The summed E-state index contributed by atoms with van der Waals surface area (Å²) >= 11 is 4.84. The minimum Gasteiger partial charge on any atom is -0.393 e. The van der Waals surface area contributed by atoms with Crippen molar-refractivity contribution in [2.24, 2.45) is 5.73 Å². The molecule has 0 aromatic heterocycles. The second-order valence-electron chi connectivity index (χ2n) is 3.46. The highest BCUT2D eigenvalue weighted by Gasteiger charge is 2.08. The summed E-state index contributed by atoms with van der Waals surface area (Å²) in [7, 11) is 0. The fourth-order valence-corrected chi connectivity index (χ4v) is 1.55. The van der Waals surface area contributed by atoms with Crippen molar-refractivity contribution in [2.75, 3.05) is 13.1 Å². The number of rotatable bonds is 7. The highest BCUT2D eigenvalue weighted by atomic mass is 32.1. The molecular formula is C10H22N2S. The van der Waals surface area contributed by atoms with Gasteiger partial charge in [-0.3, -0.25) is 0 Å². The van der Waals surface area contributed by atoms with E-state index in [0.717, 1.165) is 25.9 Å². The Morgan fingerprint density at radius 3 is 2.46 bits per heavy atom. The first-order valence-electron chi connectivity index (χ1n) is 5.14. The largest absolute Gasteiger partial charge is 0.393 e. The molecule has 0 spiro atoms. The Labute approximate surface area is 87.5 Å². The minimum absolute atomic E-state index is 0.639. The van der Waals surface area contributed by atoms with E-state index in [1.165, 1.54) is 6.42 Å². The van der Waals surface area contributed by atoms with E-state index in [0.29, 0.717) is 11.0 Å². The summed E-state index contributed by atoms with van der Waals surface area (Å²) in [6.45, 7) is 8.92. The lowest BCUT2D eigenvalue weighted by Gasteiger charge is -2.26. The zero-order valence-corrected chi connectivity index (χ0v) is 9.86. The molecule has 0 heterocycles. The van der Waals surface area contributed by atoms with Crippen molar-refractivity contribution in [3.05, 3.63) is 0 Å². The molecule has 3 heteroatoms. The molecule has 13 heavy (non-hydrogen) atoms. The zero-order chi connectivity index (χ0) is 10.3. The zero-order valence-electron chi connectivity index (χ0n) is 9.05. The van der Waals surface area contributed by atoms with Gasteiger partial charge in [-0.1, -0.05) is 26.1 Å². The predicted octanol–water partition coefficient (Wildman–Crippen LogP) is 2.17. The molecule has 0 aliphatic carbocycles. The summed E-state index contributed by atoms with van der Waals surface area (Å²) in [4.78, 5) is 3.11. The second-order valence-corrected chi connectivity index (χ2v) is 3.98. The third kappa shape index (κ3) is 5.99. The Kier molecular flexibility index (Phi) is 7.19. The van der Waals surface area contributed by atoms with Crippen molar-refractivity contribution in [1.29, 1.82) is 0 Å². The van der Waals surface area contributed by atoms with E-state index in [2.05, 4.69) is 25.7 Å². The van der Waals surface area contributed by atoms with Gasteiger partial charge >= 0.3 is 0 Å². The lowest BCUT2D eigenvalue weighted by Crippen LogP contribution is -2.33. The average Bonchev–Trinajstić information content (AvgIpc) is 2.11. The molecule has 78 valence electrons. The van der Waals surface area contributed by atoms with Crippen LogP contribution in [-0.2, 0) is 0 Å². The molecule has 0 saturated carbocycles. The van der Waals surface area contributed by atoms with Crippen LogP contribution in [-0.4, -0.2) is 29.0 Å². The fourth-order valence-electron chi connectivity index (χ4n) is 1.40. The molecule has 0 aromatic rings. The first kappa shape index (κ1) is 12.8. The van der Waals surface area contributed by atoms with Crippen LogP contribution < -0.4 is 5.73 Å². The van der Waals surface area contributed by atoms with Crippen LogP contribution in [0.15, 0.2) is 0 Å². The van der Waals surface area contributed by atoms with Crippen LogP contribution in [0.25, 0.3) is 0 Å². The molecule has 1 unspecified atom stereocenters. The fraction of sp³-hybridized carbons (Fsp3) is 0.900. The number of hydrogen-bond donors (Lipinski definition) is 1. The molecule has 0 rings (SSSR count). The lowest BCUT2D eigenvalue weighted by atomic mass is 10.2. The Balaban J connectivity index is 3.65. The number of nitrogens with two attached hydrogens (primary N) is 1. The van der Waals surface area contributed by atoms with E-state index in [4.69, 9.17) is 18.0 Å². The normalized spacial score (nSPS) is 13.2. The van der Waals surface area contributed by atoms with E-state index in [9.17, 15) is 0 Å². The van der Waals surface area contributed by atoms with E-state index >= 15 is 0 Å². The first-order chi connectivity index (χ1) is 6.11. The number of thiocarbonyl (C=S) groups is 1. The van der Waals surface area contributed by atoms with Gasteiger partial charge in [-0.2, -0.15) is 0 Å². The van der Waals surface area contributed by atoms with Gasteiger partial charge in [0, 0.05) is 6.04 Å². The molecule has 2 nitrogen and oxygen atoms in total. The van der Waals surface area contributed by atoms with E-state index in [-0.39, 0.29) is 0 Å². The van der Waals surface area contributed by atoms with Crippen LogP contribution in [0.1, 0.15) is 40.0 Å². The smallest absolute Gasteiger partial charge is 0.0727 e. The van der Waals surface area contributed by atoms with Crippen molar-refractivity contribution in [1.82, 2.24) is 4.90 Å². The molecule has 0 aliphatic rings. The Morgan fingerprint density at radius 1 is 1.46 bits per heavy atom. The van der Waals surface area contributed by atoms with E-state index < -0.39 is 0 Å². The highest BCUT2D eigenvalue weighted by Crippen LogP contribution is 2.04. The summed E-state index contributed by atoms with van der Waals surface area (Å²) in [6, 6.07) is 0.677. The van der Waals surface area contributed by atoms with Crippen molar-refractivity contribution in [2.45, 2.75) is 46.1 Å². The minimum atomic E-state index is 0.639. The maximum atomic E-state index is 5.44. The van der Waals surface area contributed by atoms with Gasteiger partial charge in [0.1, 0.15) is 0 Å². The summed E-state index contributed by atoms with van der Waals surface area (Å²) < 4.78 is 0. The van der Waals surface area contributed by atoms with Crippen LogP contribution in [0.5, 0.6) is 0 Å². The van der Waals surface area contributed by atoms with Gasteiger partial charge in [-0.15, -0.1) is 0 Å². The van der Waals surface area contributed by atoms with Gasteiger partial charge in [-0.25, -0.2) is 0 Å². The van der Waals surface area contributed by atoms with Crippen LogP contribution >= 0.6 is 12.2 Å². The van der Waals surface area contributed by atoms with E-state index in [1.807, 2.05) is 0 Å². The van der Waals surface area contributed by atoms with Crippen molar-refractivity contribution >= 4 is 17.2 Å². The molecular weight excluding hydrogens is 180 g/mol. The Morgan fingerprint density at radius 2 is 2.08 bits per heavy atom. The molecule has 0 saturated heterocycles. The Hall–Kier alpha value is -0.150. The Bertz CT molecular complexity index is 148. The second kappa shape index (κ2) is 7.27. The van der Waals surface area contributed by atoms with Gasteiger partial charge in [0.25, 0.3) is 0 Å². The van der Waals surface area contributed by atoms with Crippen LogP contribution in [0.2, 0.25) is 0 Å². The van der Waals surface area contributed by atoms with Crippen LogP contribution in [0, 0.1) is 0 Å². The highest BCUT2D eigenvalue weighted by molar-refractivity contribution is 7.80. The van der Waals surface area contributed by atoms with Gasteiger partial charge < -0.3 is 10.6 Å². The van der Waals surface area contributed by atoms with Crippen molar-refractivity contribution in [3.8, 4) is 0 Å². The summed E-state index contributed by atoms with van der Waals surface area (Å²) in [5.74, 6) is 0. The molecule has 1 atom stereocenters. The molecule has 0 amide bonds.